The molecule has 0 radical (unpaired) electrons. The smallest absolute Gasteiger partial charge is 0.314 e. The molecule has 0 fully saturated rings. The van der Waals surface area contributed by atoms with Crippen molar-refractivity contribution in [1.82, 2.24) is 9.97 Å². The first-order chi connectivity index (χ1) is 9.10. The van der Waals surface area contributed by atoms with E-state index in [9.17, 15) is 10.1 Å². The fourth-order valence-electron chi connectivity index (χ4n) is 1.41. The van der Waals surface area contributed by atoms with Gasteiger partial charge in [0.15, 0.2) is 5.75 Å². The number of nitro benzene ring substituents is 1. The maximum Gasteiger partial charge on any atom is 0.314 e. The van der Waals surface area contributed by atoms with E-state index in [1.54, 1.807) is 0 Å². The minimum absolute atomic E-state index is 0.149. The second kappa shape index (κ2) is 5.17. The molecule has 0 saturated heterocycles. The van der Waals surface area contributed by atoms with Crippen LogP contribution < -0.4 is 15.2 Å². The molecular weight excluding hydrogens is 252 g/mol. The molecule has 0 spiro atoms. The van der Waals surface area contributed by atoms with Gasteiger partial charge in [-0.25, -0.2) is 0 Å². The highest BCUT2D eigenvalue weighted by atomic mass is 16.6. The third-order valence-electron chi connectivity index (χ3n) is 2.20. The minimum atomic E-state index is -0.559. The summed E-state index contributed by atoms with van der Waals surface area (Å²) in [6, 6.07) is 4.20. The Balaban J connectivity index is 2.31. The van der Waals surface area contributed by atoms with Crippen LogP contribution >= 0.6 is 0 Å². The lowest BCUT2D eigenvalue weighted by Crippen LogP contribution is -1.97. The minimum Gasteiger partial charge on any atom is -0.490 e. The van der Waals surface area contributed by atoms with Gasteiger partial charge in [-0.15, -0.1) is 0 Å². The number of benzene rings is 1. The van der Waals surface area contributed by atoms with Crippen molar-refractivity contribution < 1.29 is 14.4 Å². The molecule has 0 aliphatic heterocycles. The van der Waals surface area contributed by atoms with E-state index >= 15 is 0 Å². The lowest BCUT2D eigenvalue weighted by molar-refractivity contribution is -0.385. The Morgan fingerprint density at radius 3 is 2.79 bits per heavy atom. The van der Waals surface area contributed by atoms with Crippen LogP contribution in [0.5, 0.6) is 17.4 Å². The first-order valence-electron chi connectivity index (χ1n) is 5.18. The van der Waals surface area contributed by atoms with E-state index in [4.69, 9.17) is 15.2 Å². The molecular formula is C11H10N4O4. The molecule has 8 heteroatoms. The third-order valence-corrected chi connectivity index (χ3v) is 2.20. The van der Waals surface area contributed by atoms with E-state index < -0.39 is 4.92 Å². The van der Waals surface area contributed by atoms with Gasteiger partial charge in [0.2, 0.25) is 5.88 Å². The number of nitrogens with zero attached hydrogens (tertiary/aromatic N) is 3. The summed E-state index contributed by atoms with van der Waals surface area (Å²) in [6.45, 7) is 0. The van der Waals surface area contributed by atoms with Crippen LogP contribution in [0.1, 0.15) is 0 Å². The summed E-state index contributed by atoms with van der Waals surface area (Å²) in [5, 5.41) is 10.9. The standard InChI is InChI=1S/C11H10N4O4/c1-18-9-3-2-7(4-8(9)15(16)17)19-11-6-13-5-10(12)14-11/h2-6H,1H3,(H2,12,14). The first-order valence-corrected chi connectivity index (χ1v) is 5.18. The molecule has 2 rings (SSSR count). The maximum absolute atomic E-state index is 10.9. The highest BCUT2D eigenvalue weighted by Crippen LogP contribution is 2.32. The molecule has 8 nitrogen and oxygen atoms in total. The zero-order chi connectivity index (χ0) is 13.8. The quantitative estimate of drug-likeness (QED) is 0.659. The summed E-state index contributed by atoms with van der Waals surface area (Å²) in [6.07, 6.45) is 2.72. The van der Waals surface area contributed by atoms with Crippen LogP contribution in [-0.4, -0.2) is 22.0 Å². The van der Waals surface area contributed by atoms with Crippen LogP contribution in [0.4, 0.5) is 11.5 Å². The van der Waals surface area contributed by atoms with Gasteiger partial charge in [-0.05, 0) is 12.1 Å². The van der Waals surface area contributed by atoms with Crippen molar-refractivity contribution in [2.24, 2.45) is 0 Å². The van der Waals surface area contributed by atoms with E-state index in [1.165, 1.54) is 37.7 Å². The van der Waals surface area contributed by atoms with Crippen molar-refractivity contribution >= 4 is 11.5 Å². The van der Waals surface area contributed by atoms with Crippen molar-refractivity contribution in [3.63, 3.8) is 0 Å². The fourth-order valence-corrected chi connectivity index (χ4v) is 1.41. The summed E-state index contributed by atoms with van der Waals surface area (Å²) < 4.78 is 10.2. The average Bonchev–Trinajstić information content (AvgIpc) is 2.38. The number of hydrogen-bond acceptors (Lipinski definition) is 7. The Morgan fingerprint density at radius 1 is 1.37 bits per heavy atom. The molecule has 1 aromatic carbocycles. The van der Waals surface area contributed by atoms with Crippen LogP contribution in [0.2, 0.25) is 0 Å². The van der Waals surface area contributed by atoms with Crippen molar-refractivity contribution in [2.45, 2.75) is 0 Å². The molecule has 0 unspecified atom stereocenters. The molecule has 0 saturated carbocycles. The highest BCUT2D eigenvalue weighted by Gasteiger charge is 2.16. The number of rotatable bonds is 4. The Labute approximate surface area is 108 Å². The molecule has 1 aromatic heterocycles. The molecule has 1 heterocycles. The molecule has 0 aliphatic carbocycles. The molecule has 0 atom stereocenters. The molecule has 98 valence electrons. The molecule has 0 amide bonds. The zero-order valence-corrected chi connectivity index (χ0v) is 9.94. The number of nitro groups is 1. The van der Waals surface area contributed by atoms with Crippen molar-refractivity contribution in [3.05, 3.63) is 40.7 Å². The topological polar surface area (TPSA) is 113 Å². The van der Waals surface area contributed by atoms with Gasteiger partial charge in [-0.1, -0.05) is 0 Å². The van der Waals surface area contributed by atoms with E-state index in [1.807, 2.05) is 0 Å². The number of anilines is 1. The predicted molar refractivity (Wildman–Crippen MR) is 66.2 cm³/mol. The van der Waals surface area contributed by atoms with Crippen LogP contribution in [-0.2, 0) is 0 Å². The number of nitrogens with two attached hydrogens (primary N) is 1. The van der Waals surface area contributed by atoms with Gasteiger partial charge >= 0.3 is 5.69 Å². The number of aromatic nitrogens is 2. The number of nitrogen functional groups attached to an aromatic ring is 1. The van der Waals surface area contributed by atoms with Crippen LogP contribution in [0.25, 0.3) is 0 Å². The molecule has 0 bridgehead atoms. The maximum atomic E-state index is 10.9. The first kappa shape index (κ1) is 12.6. The van der Waals surface area contributed by atoms with Crippen molar-refractivity contribution in [1.29, 1.82) is 0 Å². The summed E-state index contributed by atoms with van der Waals surface area (Å²) in [5.74, 6) is 0.739. The van der Waals surface area contributed by atoms with Crippen molar-refractivity contribution in [2.75, 3.05) is 12.8 Å². The summed E-state index contributed by atoms with van der Waals surface area (Å²) in [5.41, 5.74) is 5.26. The van der Waals surface area contributed by atoms with Crippen molar-refractivity contribution in [3.8, 4) is 17.4 Å². The number of ether oxygens (including phenoxy) is 2. The van der Waals surface area contributed by atoms with Gasteiger partial charge in [0.1, 0.15) is 11.6 Å². The third kappa shape index (κ3) is 2.86. The van der Waals surface area contributed by atoms with Gasteiger partial charge in [-0.2, -0.15) is 4.98 Å². The van der Waals surface area contributed by atoms with Crippen LogP contribution in [0.15, 0.2) is 30.6 Å². The zero-order valence-electron chi connectivity index (χ0n) is 9.94. The lowest BCUT2D eigenvalue weighted by atomic mass is 10.3. The van der Waals surface area contributed by atoms with Crippen LogP contribution in [0.3, 0.4) is 0 Å². The van der Waals surface area contributed by atoms with E-state index in [-0.39, 0.29) is 28.9 Å². The van der Waals surface area contributed by atoms with Gasteiger partial charge in [0, 0.05) is 0 Å². The highest BCUT2D eigenvalue weighted by molar-refractivity contribution is 5.51. The van der Waals surface area contributed by atoms with Gasteiger partial charge in [0.25, 0.3) is 0 Å². The molecule has 19 heavy (non-hydrogen) atoms. The van der Waals surface area contributed by atoms with Gasteiger partial charge < -0.3 is 15.2 Å². The summed E-state index contributed by atoms with van der Waals surface area (Å²) >= 11 is 0. The van der Waals surface area contributed by atoms with E-state index in [2.05, 4.69) is 9.97 Å². The van der Waals surface area contributed by atoms with E-state index in [0.717, 1.165) is 0 Å². The fraction of sp³-hybridized carbons (Fsp3) is 0.0909. The van der Waals surface area contributed by atoms with Gasteiger partial charge in [0.05, 0.1) is 30.5 Å². The van der Waals surface area contributed by atoms with Gasteiger partial charge in [-0.3, -0.25) is 15.1 Å². The second-order valence-electron chi connectivity index (χ2n) is 3.48. The number of methoxy groups -OCH3 is 1. The van der Waals surface area contributed by atoms with Crippen LogP contribution in [0, 0.1) is 10.1 Å². The SMILES string of the molecule is COc1ccc(Oc2cncc(N)n2)cc1[N+](=O)[O-]. The summed E-state index contributed by atoms with van der Waals surface area (Å²) in [4.78, 5) is 18.0. The number of hydrogen-bond donors (Lipinski definition) is 1. The molecule has 0 aliphatic rings. The Kier molecular flexibility index (Phi) is 3.42. The molecule has 2 aromatic rings. The second-order valence-corrected chi connectivity index (χ2v) is 3.48. The monoisotopic (exact) mass is 262 g/mol. The lowest BCUT2D eigenvalue weighted by Gasteiger charge is -2.06. The van der Waals surface area contributed by atoms with E-state index in [0.29, 0.717) is 0 Å². The predicted octanol–water partition coefficient (Wildman–Crippen LogP) is 1.77. The Morgan fingerprint density at radius 2 is 2.16 bits per heavy atom. The normalized spacial score (nSPS) is 9.95. The average molecular weight is 262 g/mol. The Bertz CT molecular complexity index is 617. The molecule has 2 N–H and O–H groups in total. The Hall–Kier alpha value is -2.90. The largest absolute Gasteiger partial charge is 0.490 e. The summed E-state index contributed by atoms with van der Waals surface area (Å²) in [7, 11) is 1.35.